The molecular formula is C21H28N2O4. The number of carboxylic acids is 1. The number of carboxylic acid groups (broad SMARTS) is 1. The summed E-state index contributed by atoms with van der Waals surface area (Å²) in [5.74, 6) is -0.504. The molecule has 2 amide bonds. The van der Waals surface area contributed by atoms with Gasteiger partial charge in [-0.3, -0.25) is 14.4 Å². The van der Waals surface area contributed by atoms with Crippen LogP contribution in [0.1, 0.15) is 43.2 Å². The second-order valence-electron chi connectivity index (χ2n) is 7.86. The van der Waals surface area contributed by atoms with Crippen LogP contribution in [0.15, 0.2) is 24.3 Å². The molecule has 6 heteroatoms. The van der Waals surface area contributed by atoms with E-state index in [1.807, 2.05) is 36.1 Å². The number of benzene rings is 1. The van der Waals surface area contributed by atoms with E-state index < -0.39 is 5.97 Å². The van der Waals surface area contributed by atoms with Crippen LogP contribution in [0.5, 0.6) is 0 Å². The maximum Gasteiger partial charge on any atom is 0.303 e. The minimum atomic E-state index is -0.758. The fourth-order valence-electron chi connectivity index (χ4n) is 4.03. The van der Waals surface area contributed by atoms with Gasteiger partial charge in [0.05, 0.1) is 5.92 Å². The lowest BCUT2D eigenvalue weighted by Gasteiger charge is -2.33. The molecule has 0 aromatic heterocycles. The second kappa shape index (κ2) is 8.55. The van der Waals surface area contributed by atoms with Crippen molar-refractivity contribution in [2.75, 3.05) is 19.6 Å². The van der Waals surface area contributed by atoms with E-state index in [1.54, 1.807) is 4.90 Å². The van der Waals surface area contributed by atoms with Crippen LogP contribution in [0.3, 0.4) is 0 Å². The topological polar surface area (TPSA) is 77.9 Å². The Morgan fingerprint density at radius 2 is 1.81 bits per heavy atom. The third kappa shape index (κ3) is 5.08. The third-order valence-corrected chi connectivity index (χ3v) is 5.75. The molecule has 6 nitrogen and oxygen atoms in total. The fraction of sp³-hybridized carbons (Fsp3) is 0.571. The van der Waals surface area contributed by atoms with E-state index in [0.29, 0.717) is 44.9 Å². The molecule has 0 saturated carbocycles. The maximum absolute atomic E-state index is 12.8. The number of carbonyl (C=O) groups excluding carboxylic acids is 2. The number of aliphatic carboxylic acids is 1. The number of carbonyl (C=O) groups is 3. The molecule has 1 aromatic carbocycles. The zero-order chi connectivity index (χ0) is 19.4. The van der Waals surface area contributed by atoms with Crippen LogP contribution in [-0.2, 0) is 20.9 Å². The van der Waals surface area contributed by atoms with Crippen LogP contribution in [0.25, 0.3) is 0 Å². The van der Waals surface area contributed by atoms with Crippen LogP contribution < -0.4 is 0 Å². The standard InChI is InChI=1S/C21H28N2O4/c1-15-2-4-17(5-3-15)13-23-14-18(12-19(23)24)21(27)22-10-8-16(9-11-22)6-7-20(25)26/h2-5,16,18H,6-14H2,1H3,(H,25,26). The van der Waals surface area contributed by atoms with Crippen molar-refractivity contribution in [3.8, 4) is 0 Å². The van der Waals surface area contributed by atoms with E-state index in [0.717, 1.165) is 18.4 Å². The quantitative estimate of drug-likeness (QED) is 0.832. The van der Waals surface area contributed by atoms with Gasteiger partial charge in [-0.15, -0.1) is 0 Å². The monoisotopic (exact) mass is 372 g/mol. The highest BCUT2D eigenvalue weighted by Crippen LogP contribution is 2.26. The maximum atomic E-state index is 12.8. The van der Waals surface area contributed by atoms with Gasteiger partial charge in [0.25, 0.3) is 0 Å². The lowest BCUT2D eigenvalue weighted by Crippen LogP contribution is -2.42. The Morgan fingerprint density at radius 3 is 2.44 bits per heavy atom. The van der Waals surface area contributed by atoms with Crippen molar-refractivity contribution in [2.24, 2.45) is 11.8 Å². The smallest absolute Gasteiger partial charge is 0.303 e. The molecule has 2 saturated heterocycles. The van der Waals surface area contributed by atoms with E-state index in [9.17, 15) is 14.4 Å². The van der Waals surface area contributed by atoms with Gasteiger partial charge in [0.2, 0.25) is 11.8 Å². The fourth-order valence-corrected chi connectivity index (χ4v) is 4.03. The summed E-state index contributed by atoms with van der Waals surface area (Å²) in [5.41, 5.74) is 2.27. The minimum absolute atomic E-state index is 0.0465. The highest BCUT2D eigenvalue weighted by Gasteiger charge is 2.37. The summed E-state index contributed by atoms with van der Waals surface area (Å²) in [6.45, 7) is 4.42. The Morgan fingerprint density at radius 1 is 1.15 bits per heavy atom. The predicted octanol–water partition coefficient (Wildman–Crippen LogP) is 2.45. The average molecular weight is 372 g/mol. The zero-order valence-electron chi connectivity index (χ0n) is 15.9. The molecule has 27 heavy (non-hydrogen) atoms. The van der Waals surface area contributed by atoms with Crippen molar-refractivity contribution >= 4 is 17.8 Å². The van der Waals surface area contributed by atoms with Gasteiger partial charge in [0.15, 0.2) is 0 Å². The first-order valence-corrected chi connectivity index (χ1v) is 9.76. The lowest BCUT2D eigenvalue weighted by atomic mass is 9.91. The first kappa shape index (κ1) is 19.4. The molecule has 2 heterocycles. The highest BCUT2D eigenvalue weighted by molar-refractivity contribution is 5.89. The number of hydrogen-bond donors (Lipinski definition) is 1. The first-order chi connectivity index (χ1) is 12.9. The minimum Gasteiger partial charge on any atom is -0.481 e. The molecule has 0 bridgehead atoms. The third-order valence-electron chi connectivity index (χ3n) is 5.75. The van der Waals surface area contributed by atoms with Crippen molar-refractivity contribution in [2.45, 2.75) is 45.6 Å². The molecule has 2 aliphatic heterocycles. The molecule has 3 rings (SSSR count). The summed E-state index contributed by atoms with van der Waals surface area (Å²) in [4.78, 5) is 39.5. The number of piperidine rings is 1. The van der Waals surface area contributed by atoms with Gasteiger partial charge in [-0.05, 0) is 37.7 Å². The zero-order valence-corrected chi connectivity index (χ0v) is 15.9. The predicted molar refractivity (Wildman–Crippen MR) is 101 cm³/mol. The summed E-state index contributed by atoms with van der Waals surface area (Å²) in [7, 11) is 0. The van der Waals surface area contributed by atoms with Crippen molar-refractivity contribution in [3.63, 3.8) is 0 Å². The van der Waals surface area contributed by atoms with Gasteiger partial charge in [-0.1, -0.05) is 29.8 Å². The molecule has 2 aliphatic rings. The van der Waals surface area contributed by atoms with Crippen LogP contribution in [-0.4, -0.2) is 52.3 Å². The van der Waals surface area contributed by atoms with Crippen molar-refractivity contribution in [1.82, 2.24) is 9.80 Å². The van der Waals surface area contributed by atoms with E-state index in [2.05, 4.69) is 0 Å². The van der Waals surface area contributed by atoms with Gasteiger partial charge in [0.1, 0.15) is 0 Å². The van der Waals surface area contributed by atoms with E-state index in [-0.39, 0.29) is 24.2 Å². The summed E-state index contributed by atoms with van der Waals surface area (Å²) >= 11 is 0. The Labute approximate surface area is 160 Å². The normalized spacial score (nSPS) is 20.9. The summed E-state index contributed by atoms with van der Waals surface area (Å²) in [5, 5.41) is 8.80. The largest absolute Gasteiger partial charge is 0.481 e. The van der Waals surface area contributed by atoms with Crippen LogP contribution in [0, 0.1) is 18.8 Å². The van der Waals surface area contributed by atoms with Gasteiger partial charge in [-0.25, -0.2) is 0 Å². The molecule has 0 spiro atoms. The number of hydrogen-bond acceptors (Lipinski definition) is 3. The highest BCUT2D eigenvalue weighted by atomic mass is 16.4. The molecule has 2 fully saturated rings. The number of rotatable bonds is 6. The number of likely N-dealkylation sites (tertiary alicyclic amines) is 2. The summed E-state index contributed by atoms with van der Waals surface area (Å²) in [6.07, 6.45) is 2.89. The Hall–Kier alpha value is -2.37. The number of aryl methyl sites for hydroxylation is 1. The van der Waals surface area contributed by atoms with Crippen molar-refractivity contribution in [3.05, 3.63) is 35.4 Å². The molecule has 1 N–H and O–H groups in total. The molecule has 0 aliphatic carbocycles. The molecule has 1 unspecified atom stereocenters. The SMILES string of the molecule is Cc1ccc(CN2CC(C(=O)N3CCC(CCC(=O)O)CC3)CC2=O)cc1. The van der Waals surface area contributed by atoms with E-state index in [4.69, 9.17) is 5.11 Å². The Bertz CT molecular complexity index is 693. The van der Waals surface area contributed by atoms with Gasteiger partial charge >= 0.3 is 5.97 Å². The van der Waals surface area contributed by atoms with Crippen LogP contribution >= 0.6 is 0 Å². The lowest BCUT2D eigenvalue weighted by molar-refractivity contribution is -0.139. The van der Waals surface area contributed by atoms with Gasteiger partial charge in [-0.2, -0.15) is 0 Å². The molecule has 0 radical (unpaired) electrons. The molecule has 1 atom stereocenters. The summed E-state index contributed by atoms with van der Waals surface area (Å²) < 4.78 is 0. The Balaban J connectivity index is 1.49. The molecule has 146 valence electrons. The van der Waals surface area contributed by atoms with E-state index in [1.165, 1.54) is 5.56 Å². The van der Waals surface area contributed by atoms with Crippen molar-refractivity contribution in [1.29, 1.82) is 0 Å². The molecule has 1 aromatic rings. The average Bonchev–Trinajstić information content (AvgIpc) is 3.02. The molecular weight excluding hydrogens is 344 g/mol. The number of amides is 2. The van der Waals surface area contributed by atoms with E-state index >= 15 is 0 Å². The van der Waals surface area contributed by atoms with Crippen LogP contribution in [0.4, 0.5) is 0 Å². The Kier molecular flexibility index (Phi) is 6.14. The van der Waals surface area contributed by atoms with Crippen LogP contribution in [0.2, 0.25) is 0 Å². The van der Waals surface area contributed by atoms with Gasteiger partial charge < -0.3 is 14.9 Å². The van der Waals surface area contributed by atoms with Crippen molar-refractivity contribution < 1.29 is 19.5 Å². The second-order valence-corrected chi connectivity index (χ2v) is 7.86. The first-order valence-electron chi connectivity index (χ1n) is 9.76. The summed E-state index contributed by atoms with van der Waals surface area (Å²) in [6, 6.07) is 8.12. The number of nitrogens with zero attached hydrogens (tertiary/aromatic N) is 2. The van der Waals surface area contributed by atoms with Gasteiger partial charge in [0, 0.05) is 39.0 Å².